The number of carbonyl (C=O) groups excluding carboxylic acids is 2. The molecule has 6 heteroatoms. The first kappa shape index (κ1) is 20.0. The number of halogens is 1. The molecule has 2 heterocycles. The smallest absolute Gasteiger partial charge is 0.243 e. The Labute approximate surface area is 177 Å². The van der Waals surface area contributed by atoms with Crippen molar-refractivity contribution in [2.24, 2.45) is 5.92 Å². The molecule has 2 amide bonds. The molecule has 1 atom stereocenters. The predicted octanol–water partition coefficient (Wildman–Crippen LogP) is 4.11. The third-order valence-electron chi connectivity index (χ3n) is 6.27. The quantitative estimate of drug-likeness (QED) is 0.740. The number of nitrogens with zero attached hydrogens (tertiary/aromatic N) is 3. The molecule has 0 radical (unpaired) electrons. The van der Waals surface area contributed by atoms with Crippen LogP contribution in [0.15, 0.2) is 42.6 Å². The maximum absolute atomic E-state index is 13.4. The van der Waals surface area contributed by atoms with Crippen LogP contribution in [-0.4, -0.2) is 45.8 Å². The van der Waals surface area contributed by atoms with Gasteiger partial charge < -0.3 is 14.4 Å². The average molecular weight is 414 g/mol. The molecule has 29 heavy (non-hydrogen) atoms. The second-order valence-electron chi connectivity index (χ2n) is 8.00. The van der Waals surface area contributed by atoms with Crippen molar-refractivity contribution in [2.45, 2.75) is 45.2 Å². The standard InChI is InChI=1S/C23H28ClN3O2/c1-2-25(23(29)18-6-3-4-7-18)16-21(28)27-15-14-26-13-5-8-20(26)22(27)17-9-11-19(24)12-10-17/h5,8-13,18,22H,2-4,6-7,14-16H2,1H3/t22-/m1/s1. The van der Waals surface area contributed by atoms with Crippen molar-refractivity contribution < 1.29 is 9.59 Å². The monoisotopic (exact) mass is 413 g/mol. The summed E-state index contributed by atoms with van der Waals surface area (Å²) in [5.41, 5.74) is 2.13. The van der Waals surface area contributed by atoms with E-state index in [9.17, 15) is 9.59 Å². The van der Waals surface area contributed by atoms with Gasteiger partial charge in [0.15, 0.2) is 0 Å². The molecule has 154 valence electrons. The van der Waals surface area contributed by atoms with Gasteiger partial charge in [-0.3, -0.25) is 9.59 Å². The summed E-state index contributed by atoms with van der Waals surface area (Å²) >= 11 is 6.08. The van der Waals surface area contributed by atoms with Crippen molar-refractivity contribution in [3.63, 3.8) is 0 Å². The predicted molar refractivity (Wildman–Crippen MR) is 114 cm³/mol. The third-order valence-corrected chi connectivity index (χ3v) is 6.52. The topological polar surface area (TPSA) is 45.6 Å². The Morgan fingerprint density at radius 2 is 1.83 bits per heavy atom. The SMILES string of the molecule is CCN(CC(=O)N1CCn2cccc2[C@H]1c1ccc(Cl)cc1)C(=O)C1CCCC1. The third kappa shape index (κ3) is 4.06. The number of carbonyl (C=O) groups is 2. The van der Waals surface area contributed by atoms with Gasteiger partial charge in [0.05, 0.1) is 12.6 Å². The number of hydrogen-bond acceptors (Lipinski definition) is 2. The Kier molecular flexibility index (Phi) is 5.95. The van der Waals surface area contributed by atoms with Gasteiger partial charge in [-0.25, -0.2) is 0 Å². The zero-order valence-electron chi connectivity index (χ0n) is 16.9. The van der Waals surface area contributed by atoms with Crippen molar-refractivity contribution in [1.82, 2.24) is 14.4 Å². The van der Waals surface area contributed by atoms with Crippen LogP contribution in [0.25, 0.3) is 0 Å². The summed E-state index contributed by atoms with van der Waals surface area (Å²) in [6, 6.07) is 11.6. The van der Waals surface area contributed by atoms with Crippen LogP contribution >= 0.6 is 11.6 Å². The van der Waals surface area contributed by atoms with E-state index in [1.54, 1.807) is 4.90 Å². The molecule has 1 saturated carbocycles. The fourth-order valence-corrected chi connectivity index (χ4v) is 4.80. The lowest BCUT2D eigenvalue weighted by atomic mass is 9.99. The minimum absolute atomic E-state index is 0.00518. The Bertz CT molecular complexity index is 871. The van der Waals surface area contributed by atoms with E-state index in [1.807, 2.05) is 42.2 Å². The first-order valence-electron chi connectivity index (χ1n) is 10.6. The fourth-order valence-electron chi connectivity index (χ4n) is 4.68. The van der Waals surface area contributed by atoms with Crippen molar-refractivity contribution in [1.29, 1.82) is 0 Å². The number of hydrogen-bond donors (Lipinski definition) is 0. The minimum Gasteiger partial charge on any atom is -0.348 e. The van der Waals surface area contributed by atoms with Gasteiger partial charge in [0.25, 0.3) is 0 Å². The molecule has 0 saturated heterocycles. The molecule has 2 aromatic rings. The lowest BCUT2D eigenvalue weighted by Gasteiger charge is -2.38. The number of fused-ring (bicyclic) bond motifs is 1. The van der Waals surface area contributed by atoms with E-state index in [0.717, 1.165) is 43.5 Å². The second kappa shape index (κ2) is 8.62. The molecule has 0 spiro atoms. The number of benzene rings is 1. The summed E-state index contributed by atoms with van der Waals surface area (Å²) in [5, 5.41) is 0.678. The molecule has 0 bridgehead atoms. The average Bonchev–Trinajstić information content (AvgIpc) is 3.43. The van der Waals surface area contributed by atoms with Crippen LogP contribution < -0.4 is 0 Å². The van der Waals surface area contributed by atoms with Crippen LogP contribution in [0.4, 0.5) is 0 Å². The zero-order chi connectivity index (χ0) is 20.4. The Morgan fingerprint density at radius 1 is 1.10 bits per heavy atom. The van der Waals surface area contributed by atoms with Gasteiger partial charge in [0, 0.05) is 42.5 Å². The molecule has 1 aliphatic carbocycles. The van der Waals surface area contributed by atoms with Crippen LogP contribution in [0, 0.1) is 5.92 Å². The lowest BCUT2D eigenvalue weighted by Crippen LogP contribution is -2.48. The molecule has 2 aliphatic rings. The summed E-state index contributed by atoms with van der Waals surface area (Å²) in [7, 11) is 0. The molecular formula is C23H28ClN3O2. The second-order valence-corrected chi connectivity index (χ2v) is 8.44. The van der Waals surface area contributed by atoms with E-state index in [4.69, 9.17) is 11.6 Å². The van der Waals surface area contributed by atoms with E-state index in [-0.39, 0.29) is 30.3 Å². The van der Waals surface area contributed by atoms with E-state index in [0.29, 0.717) is 18.1 Å². The summed E-state index contributed by atoms with van der Waals surface area (Å²) < 4.78 is 2.20. The van der Waals surface area contributed by atoms with E-state index >= 15 is 0 Å². The van der Waals surface area contributed by atoms with Crippen molar-refractivity contribution in [2.75, 3.05) is 19.6 Å². The fraction of sp³-hybridized carbons (Fsp3) is 0.478. The van der Waals surface area contributed by atoms with Crippen LogP contribution in [0.2, 0.25) is 5.02 Å². The number of likely N-dealkylation sites (N-methyl/N-ethyl adjacent to an activating group) is 1. The van der Waals surface area contributed by atoms with E-state index < -0.39 is 0 Å². The van der Waals surface area contributed by atoms with Crippen molar-refractivity contribution in [3.8, 4) is 0 Å². The van der Waals surface area contributed by atoms with E-state index in [1.165, 1.54) is 0 Å². The number of amides is 2. The van der Waals surface area contributed by atoms with Crippen LogP contribution in [-0.2, 0) is 16.1 Å². The van der Waals surface area contributed by atoms with Crippen LogP contribution in [0.5, 0.6) is 0 Å². The van der Waals surface area contributed by atoms with Gasteiger partial charge in [-0.05, 0) is 49.6 Å². The summed E-state index contributed by atoms with van der Waals surface area (Å²) in [5.74, 6) is 0.237. The van der Waals surface area contributed by atoms with Gasteiger partial charge in [-0.2, -0.15) is 0 Å². The lowest BCUT2D eigenvalue weighted by molar-refractivity contribution is -0.144. The molecular weight excluding hydrogens is 386 g/mol. The summed E-state index contributed by atoms with van der Waals surface area (Å²) in [4.78, 5) is 29.9. The number of aromatic nitrogens is 1. The molecule has 1 aromatic heterocycles. The molecule has 4 rings (SSSR count). The summed E-state index contributed by atoms with van der Waals surface area (Å²) in [6.45, 7) is 4.07. The molecule has 1 fully saturated rings. The highest BCUT2D eigenvalue weighted by molar-refractivity contribution is 6.30. The molecule has 0 N–H and O–H groups in total. The Hall–Kier alpha value is -2.27. The molecule has 5 nitrogen and oxygen atoms in total. The van der Waals surface area contributed by atoms with Gasteiger partial charge in [0.2, 0.25) is 11.8 Å². The molecule has 0 unspecified atom stereocenters. The zero-order valence-corrected chi connectivity index (χ0v) is 17.6. The van der Waals surface area contributed by atoms with Crippen molar-refractivity contribution in [3.05, 3.63) is 58.9 Å². The summed E-state index contributed by atoms with van der Waals surface area (Å²) in [6.07, 6.45) is 6.19. The van der Waals surface area contributed by atoms with Gasteiger partial charge in [-0.1, -0.05) is 36.6 Å². The Morgan fingerprint density at radius 3 is 2.52 bits per heavy atom. The largest absolute Gasteiger partial charge is 0.348 e. The minimum atomic E-state index is -0.163. The normalized spacial score (nSPS) is 19.2. The van der Waals surface area contributed by atoms with Crippen molar-refractivity contribution >= 4 is 23.4 Å². The van der Waals surface area contributed by atoms with Crippen LogP contribution in [0.3, 0.4) is 0 Å². The Balaban J connectivity index is 1.57. The highest BCUT2D eigenvalue weighted by Crippen LogP contribution is 2.33. The van der Waals surface area contributed by atoms with Gasteiger partial charge in [-0.15, -0.1) is 0 Å². The number of rotatable bonds is 5. The highest BCUT2D eigenvalue weighted by Gasteiger charge is 2.34. The van der Waals surface area contributed by atoms with Gasteiger partial charge in [0.1, 0.15) is 0 Å². The van der Waals surface area contributed by atoms with Crippen LogP contribution in [0.1, 0.15) is 49.9 Å². The maximum Gasteiger partial charge on any atom is 0.243 e. The first-order chi connectivity index (χ1) is 14.1. The maximum atomic E-state index is 13.4. The molecule has 1 aliphatic heterocycles. The molecule has 1 aromatic carbocycles. The first-order valence-corrected chi connectivity index (χ1v) is 10.9. The van der Waals surface area contributed by atoms with E-state index in [2.05, 4.69) is 16.8 Å². The van der Waals surface area contributed by atoms with Gasteiger partial charge >= 0.3 is 0 Å². The highest BCUT2D eigenvalue weighted by atomic mass is 35.5.